The summed E-state index contributed by atoms with van der Waals surface area (Å²) >= 11 is 0. The van der Waals surface area contributed by atoms with Gasteiger partial charge in [0.05, 0.1) is 22.0 Å². The molecule has 0 radical (unpaired) electrons. The maximum absolute atomic E-state index is 11.7. The van der Waals surface area contributed by atoms with Crippen LogP contribution in [0.25, 0.3) is 21.8 Å². The zero-order chi connectivity index (χ0) is 12.7. The maximum atomic E-state index is 11.7. The van der Waals surface area contributed by atoms with Gasteiger partial charge in [0.25, 0.3) is 11.5 Å². The third-order valence-electron chi connectivity index (χ3n) is 2.84. The first-order valence-electron chi connectivity index (χ1n) is 5.38. The van der Waals surface area contributed by atoms with Gasteiger partial charge >= 0.3 is 0 Å². The number of amides is 1. The molecule has 0 aliphatic carbocycles. The summed E-state index contributed by atoms with van der Waals surface area (Å²) in [5, 5.41) is 1.21. The number of hydrogen-bond donors (Lipinski definition) is 2. The molecule has 3 N–H and O–H groups in total. The number of carbonyl (C=O) groups excluding carboxylic acids is 1. The number of benzene rings is 1. The van der Waals surface area contributed by atoms with Crippen LogP contribution in [0.2, 0.25) is 0 Å². The zero-order valence-corrected chi connectivity index (χ0v) is 9.31. The molecular weight excluding hydrogens is 230 g/mol. The van der Waals surface area contributed by atoms with Crippen molar-refractivity contribution in [2.45, 2.75) is 0 Å². The molecule has 0 saturated carbocycles. The number of para-hydroxylation sites is 1. The summed E-state index contributed by atoms with van der Waals surface area (Å²) in [5.74, 6) is -0.612. The Balaban J connectivity index is 2.56. The number of pyridine rings is 2. The molecular formula is C13H9N3O2. The van der Waals surface area contributed by atoms with Crippen molar-refractivity contribution < 1.29 is 4.79 Å². The predicted molar refractivity (Wildman–Crippen MR) is 68.4 cm³/mol. The van der Waals surface area contributed by atoms with Gasteiger partial charge in [-0.2, -0.15) is 0 Å². The van der Waals surface area contributed by atoms with E-state index in [4.69, 9.17) is 5.73 Å². The van der Waals surface area contributed by atoms with Crippen molar-refractivity contribution in [1.82, 2.24) is 9.97 Å². The average Bonchev–Trinajstić information content (AvgIpc) is 2.37. The fraction of sp³-hybridized carbons (Fsp3) is 0. The van der Waals surface area contributed by atoms with Crippen LogP contribution < -0.4 is 11.3 Å². The summed E-state index contributed by atoms with van der Waals surface area (Å²) in [6, 6.07) is 9.10. The van der Waals surface area contributed by atoms with Crippen LogP contribution in [-0.2, 0) is 0 Å². The van der Waals surface area contributed by atoms with Gasteiger partial charge in [-0.1, -0.05) is 18.2 Å². The van der Waals surface area contributed by atoms with Crippen molar-refractivity contribution in [2.24, 2.45) is 5.73 Å². The Morgan fingerprint density at radius 3 is 2.83 bits per heavy atom. The highest BCUT2D eigenvalue weighted by atomic mass is 16.1. The molecule has 2 aromatic heterocycles. The smallest absolute Gasteiger partial charge is 0.257 e. The summed E-state index contributed by atoms with van der Waals surface area (Å²) in [7, 11) is 0. The van der Waals surface area contributed by atoms with Crippen molar-refractivity contribution >= 4 is 27.7 Å². The normalized spacial score (nSPS) is 10.9. The lowest BCUT2D eigenvalue weighted by Crippen LogP contribution is -2.16. The highest BCUT2D eigenvalue weighted by Crippen LogP contribution is 2.18. The first kappa shape index (κ1) is 10.5. The number of rotatable bonds is 1. The maximum Gasteiger partial charge on any atom is 0.257 e. The molecule has 0 aliphatic heterocycles. The van der Waals surface area contributed by atoms with Gasteiger partial charge in [-0.25, -0.2) is 4.98 Å². The van der Waals surface area contributed by atoms with Crippen molar-refractivity contribution in [3.63, 3.8) is 0 Å². The molecule has 88 valence electrons. The summed E-state index contributed by atoms with van der Waals surface area (Å²) in [6.07, 6.45) is 1.30. The Labute approximate surface area is 101 Å². The van der Waals surface area contributed by atoms with Crippen molar-refractivity contribution in [3.8, 4) is 0 Å². The Kier molecular flexibility index (Phi) is 2.13. The molecule has 0 saturated heterocycles. The van der Waals surface area contributed by atoms with Gasteiger partial charge < -0.3 is 10.7 Å². The molecule has 3 aromatic rings. The second-order valence-electron chi connectivity index (χ2n) is 3.97. The topological polar surface area (TPSA) is 88.8 Å². The molecule has 0 spiro atoms. The number of H-pyrrole nitrogens is 1. The number of primary amides is 1. The van der Waals surface area contributed by atoms with E-state index in [2.05, 4.69) is 9.97 Å². The van der Waals surface area contributed by atoms with E-state index in [1.807, 2.05) is 24.3 Å². The third kappa shape index (κ3) is 1.45. The van der Waals surface area contributed by atoms with E-state index in [1.54, 1.807) is 6.07 Å². The van der Waals surface area contributed by atoms with E-state index in [0.717, 1.165) is 10.9 Å². The molecule has 0 unspecified atom stereocenters. The van der Waals surface area contributed by atoms with E-state index < -0.39 is 5.91 Å². The Hall–Kier alpha value is -2.69. The van der Waals surface area contributed by atoms with E-state index in [0.29, 0.717) is 10.9 Å². The van der Waals surface area contributed by atoms with Gasteiger partial charge in [0.1, 0.15) is 0 Å². The number of aromatic amines is 1. The molecule has 18 heavy (non-hydrogen) atoms. The number of hydrogen-bond acceptors (Lipinski definition) is 3. The van der Waals surface area contributed by atoms with Crippen LogP contribution in [0.5, 0.6) is 0 Å². The molecule has 3 rings (SSSR count). The molecule has 0 atom stereocenters. The average molecular weight is 239 g/mol. The summed E-state index contributed by atoms with van der Waals surface area (Å²) in [5.41, 5.74) is 6.27. The fourth-order valence-electron chi connectivity index (χ4n) is 1.97. The summed E-state index contributed by atoms with van der Waals surface area (Å²) in [4.78, 5) is 29.9. The lowest BCUT2D eigenvalue weighted by Gasteiger charge is -2.03. The highest BCUT2D eigenvalue weighted by Gasteiger charge is 2.11. The minimum atomic E-state index is -0.612. The van der Waals surface area contributed by atoms with Crippen LogP contribution in [0.1, 0.15) is 10.4 Å². The number of carbonyl (C=O) groups is 1. The number of nitrogens with two attached hydrogens (primary N) is 1. The van der Waals surface area contributed by atoms with E-state index >= 15 is 0 Å². The quantitative estimate of drug-likeness (QED) is 0.625. The van der Waals surface area contributed by atoms with Gasteiger partial charge in [0, 0.05) is 11.6 Å². The molecule has 2 heterocycles. The minimum Gasteiger partial charge on any atom is -0.365 e. The third-order valence-corrected chi connectivity index (χ3v) is 2.84. The second-order valence-corrected chi connectivity index (χ2v) is 3.97. The number of nitrogens with one attached hydrogen (secondary N) is 1. The summed E-state index contributed by atoms with van der Waals surface area (Å²) in [6.45, 7) is 0. The van der Waals surface area contributed by atoms with Crippen LogP contribution in [0.3, 0.4) is 0 Å². The molecule has 5 heteroatoms. The Morgan fingerprint density at radius 2 is 2.06 bits per heavy atom. The summed E-state index contributed by atoms with van der Waals surface area (Å²) < 4.78 is 0. The number of aromatic nitrogens is 2. The lowest BCUT2D eigenvalue weighted by atomic mass is 10.1. The SMILES string of the molecule is NC(=O)c1c[nH]c(=O)c2cc3ccccc3nc12. The molecule has 1 aromatic carbocycles. The molecule has 1 amide bonds. The van der Waals surface area contributed by atoms with Gasteiger partial charge in [0.2, 0.25) is 0 Å². The number of nitrogens with zero attached hydrogens (tertiary/aromatic N) is 1. The van der Waals surface area contributed by atoms with Crippen molar-refractivity contribution in [1.29, 1.82) is 0 Å². The lowest BCUT2D eigenvalue weighted by molar-refractivity contribution is 0.100. The van der Waals surface area contributed by atoms with Gasteiger partial charge in [0.15, 0.2) is 0 Å². The first-order chi connectivity index (χ1) is 8.66. The van der Waals surface area contributed by atoms with Crippen LogP contribution in [-0.4, -0.2) is 15.9 Å². The second kappa shape index (κ2) is 3.66. The van der Waals surface area contributed by atoms with Crippen LogP contribution in [0, 0.1) is 0 Å². The van der Waals surface area contributed by atoms with E-state index in [1.165, 1.54) is 6.20 Å². The first-order valence-corrected chi connectivity index (χ1v) is 5.38. The molecule has 0 bridgehead atoms. The van der Waals surface area contributed by atoms with Crippen LogP contribution in [0.4, 0.5) is 0 Å². The monoisotopic (exact) mass is 239 g/mol. The van der Waals surface area contributed by atoms with Crippen molar-refractivity contribution in [3.05, 3.63) is 52.4 Å². The fourth-order valence-corrected chi connectivity index (χ4v) is 1.97. The largest absolute Gasteiger partial charge is 0.365 e. The standard InChI is InChI=1S/C13H9N3O2/c14-12(17)9-6-15-13(18)8-5-7-3-1-2-4-10(7)16-11(8)9/h1-6H,(H2,14,17)(H,15,18). The molecule has 5 nitrogen and oxygen atoms in total. The van der Waals surface area contributed by atoms with Crippen LogP contribution in [0.15, 0.2) is 41.3 Å². The van der Waals surface area contributed by atoms with E-state index in [9.17, 15) is 9.59 Å². The van der Waals surface area contributed by atoms with Crippen molar-refractivity contribution in [2.75, 3.05) is 0 Å². The zero-order valence-electron chi connectivity index (χ0n) is 9.31. The van der Waals surface area contributed by atoms with Gasteiger partial charge in [-0.3, -0.25) is 9.59 Å². The Bertz CT molecular complexity index is 836. The minimum absolute atomic E-state index is 0.218. The Morgan fingerprint density at radius 1 is 1.28 bits per heavy atom. The number of fused-ring (bicyclic) bond motifs is 2. The van der Waals surface area contributed by atoms with Crippen LogP contribution >= 0.6 is 0 Å². The highest BCUT2D eigenvalue weighted by molar-refractivity contribution is 6.06. The van der Waals surface area contributed by atoms with Gasteiger partial charge in [-0.15, -0.1) is 0 Å². The van der Waals surface area contributed by atoms with Gasteiger partial charge in [-0.05, 0) is 12.1 Å². The predicted octanol–water partition coefficient (Wildman–Crippen LogP) is 1.18. The molecule has 0 aliphatic rings. The van der Waals surface area contributed by atoms with E-state index in [-0.39, 0.29) is 11.1 Å². The molecule has 0 fully saturated rings.